The highest BCUT2D eigenvalue weighted by molar-refractivity contribution is 7.87. The zero-order valence-electron chi connectivity index (χ0n) is 21.8. The first-order valence-corrected chi connectivity index (χ1v) is 13.3. The predicted molar refractivity (Wildman–Crippen MR) is 142 cm³/mol. The second-order valence-corrected chi connectivity index (χ2v) is 12.4. The standard InChI is InChI=1S/C27H37N3O4S/c1-19(2)17-30-18-21(14-15-28-35(32,33)29(6)7)23-13-12-20(16-25(23)30)22-10-8-9-11-24(22)26(31)34-27(3,4)5/h8-13,16,18-19,28H,14-15,17H2,1-7H3. The number of rotatable bonds is 9. The summed E-state index contributed by atoms with van der Waals surface area (Å²) in [4.78, 5) is 12.9. The van der Waals surface area contributed by atoms with Gasteiger partial charge >= 0.3 is 5.97 Å². The molecule has 0 fully saturated rings. The van der Waals surface area contributed by atoms with Crippen molar-refractivity contribution in [3.8, 4) is 11.1 Å². The fraction of sp³-hybridized carbons (Fsp3) is 0.444. The lowest BCUT2D eigenvalue weighted by molar-refractivity contribution is 0.00704. The van der Waals surface area contributed by atoms with Crippen molar-refractivity contribution < 1.29 is 17.9 Å². The Bertz CT molecular complexity index is 1300. The normalized spacial score (nSPS) is 12.6. The summed E-state index contributed by atoms with van der Waals surface area (Å²) in [6.07, 6.45) is 2.68. The van der Waals surface area contributed by atoms with Crippen LogP contribution in [0.5, 0.6) is 0 Å². The first kappa shape index (κ1) is 26.9. The number of hydrogen-bond acceptors (Lipinski definition) is 4. The minimum absolute atomic E-state index is 0.310. The third kappa shape index (κ3) is 6.72. The van der Waals surface area contributed by atoms with Crippen LogP contribution in [0.2, 0.25) is 0 Å². The van der Waals surface area contributed by atoms with Gasteiger partial charge in [0.1, 0.15) is 5.60 Å². The Morgan fingerprint density at radius 3 is 2.43 bits per heavy atom. The van der Waals surface area contributed by atoms with Gasteiger partial charge in [-0.2, -0.15) is 12.7 Å². The molecule has 1 heterocycles. The van der Waals surface area contributed by atoms with E-state index in [0.717, 1.165) is 34.1 Å². The molecule has 3 rings (SSSR count). The van der Waals surface area contributed by atoms with Crippen LogP contribution in [-0.4, -0.2) is 49.5 Å². The first-order chi connectivity index (χ1) is 16.3. The number of carbonyl (C=O) groups is 1. The predicted octanol–water partition coefficient (Wildman–Crippen LogP) is 4.86. The molecule has 0 unspecified atom stereocenters. The molecule has 0 radical (unpaired) electrons. The van der Waals surface area contributed by atoms with Gasteiger partial charge in [-0.05, 0) is 61.9 Å². The molecule has 0 aliphatic heterocycles. The summed E-state index contributed by atoms with van der Waals surface area (Å²) in [6.45, 7) is 11.0. The lowest BCUT2D eigenvalue weighted by atomic mass is 9.98. The minimum atomic E-state index is -3.47. The molecule has 190 valence electrons. The SMILES string of the molecule is CC(C)Cn1cc(CCNS(=O)(=O)N(C)C)c2ccc(-c3ccccc3C(=O)OC(C)(C)C)cc21. The van der Waals surface area contributed by atoms with E-state index >= 15 is 0 Å². The third-order valence-corrected chi connectivity index (χ3v) is 7.07. The maximum atomic E-state index is 12.9. The number of ether oxygens (including phenoxy) is 1. The highest BCUT2D eigenvalue weighted by Crippen LogP contribution is 2.31. The minimum Gasteiger partial charge on any atom is -0.456 e. The van der Waals surface area contributed by atoms with Crippen LogP contribution in [0, 0.1) is 5.92 Å². The summed E-state index contributed by atoms with van der Waals surface area (Å²) in [5.41, 5.74) is 3.84. The number of hydrogen-bond donors (Lipinski definition) is 1. The van der Waals surface area contributed by atoms with Gasteiger partial charge in [0.15, 0.2) is 0 Å². The molecule has 0 saturated heterocycles. The van der Waals surface area contributed by atoms with Crippen molar-refractivity contribution in [2.45, 2.75) is 53.2 Å². The summed E-state index contributed by atoms with van der Waals surface area (Å²) < 4.78 is 35.8. The zero-order valence-corrected chi connectivity index (χ0v) is 22.6. The Morgan fingerprint density at radius 2 is 1.80 bits per heavy atom. The molecule has 0 bridgehead atoms. The smallest absolute Gasteiger partial charge is 0.339 e. The summed E-state index contributed by atoms with van der Waals surface area (Å²) >= 11 is 0. The molecule has 2 aromatic carbocycles. The number of nitrogens with one attached hydrogen (secondary N) is 1. The largest absolute Gasteiger partial charge is 0.456 e. The van der Waals surface area contributed by atoms with E-state index in [9.17, 15) is 13.2 Å². The van der Waals surface area contributed by atoms with Crippen LogP contribution in [0.25, 0.3) is 22.0 Å². The van der Waals surface area contributed by atoms with E-state index < -0.39 is 15.8 Å². The fourth-order valence-corrected chi connectivity index (χ4v) is 4.59. The maximum absolute atomic E-state index is 12.9. The average molecular weight is 500 g/mol. The van der Waals surface area contributed by atoms with E-state index in [4.69, 9.17) is 4.74 Å². The van der Waals surface area contributed by atoms with Gasteiger partial charge < -0.3 is 9.30 Å². The van der Waals surface area contributed by atoms with Crippen molar-refractivity contribution in [1.29, 1.82) is 0 Å². The Balaban J connectivity index is 2.00. The van der Waals surface area contributed by atoms with Gasteiger partial charge in [0.2, 0.25) is 0 Å². The second-order valence-electron chi connectivity index (χ2n) is 10.4. The summed E-state index contributed by atoms with van der Waals surface area (Å²) in [5.74, 6) is 0.0861. The van der Waals surface area contributed by atoms with Crippen molar-refractivity contribution in [3.05, 3.63) is 59.8 Å². The molecule has 0 aliphatic rings. The van der Waals surface area contributed by atoms with Crippen molar-refractivity contribution in [2.75, 3.05) is 20.6 Å². The van der Waals surface area contributed by atoms with Crippen molar-refractivity contribution >= 4 is 27.1 Å². The maximum Gasteiger partial charge on any atom is 0.339 e. The molecule has 8 heteroatoms. The molecular formula is C27H37N3O4S. The number of carbonyl (C=O) groups excluding carboxylic acids is 1. The van der Waals surface area contributed by atoms with Crippen LogP contribution in [0.4, 0.5) is 0 Å². The van der Waals surface area contributed by atoms with Crippen LogP contribution >= 0.6 is 0 Å². The van der Waals surface area contributed by atoms with E-state index in [2.05, 4.69) is 41.5 Å². The fourth-order valence-electron chi connectivity index (χ4n) is 3.97. The summed E-state index contributed by atoms with van der Waals surface area (Å²) in [7, 11) is -0.455. The summed E-state index contributed by atoms with van der Waals surface area (Å²) in [6, 6.07) is 13.7. The molecular weight excluding hydrogens is 462 g/mol. The van der Waals surface area contributed by atoms with Gasteiger partial charge in [-0.25, -0.2) is 9.52 Å². The van der Waals surface area contributed by atoms with Gasteiger partial charge in [-0.1, -0.05) is 44.2 Å². The molecule has 1 aromatic heterocycles. The lowest BCUT2D eigenvalue weighted by Gasteiger charge is -2.20. The van der Waals surface area contributed by atoms with Crippen LogP contribution in [0.3, 0.4) is 0 Å². The van der Waals surface area contributed by atoms with E-state index in [1.54, 1.807) is 6.07 Å². The number of esters is 1. The Labute approximate surface area is 209 Å². The molecule has 3 aromatic rings. The Morgan fingerprint density at radius 1 is 1.11 bits per heavy atom. The quantitative estimate of drug-likeness (QED) is 0.427. The molecule has 0 spiro atoms. The zero-order chi connectivity index (χ0) is 26.0. The van der Waals surface area contributed by atoms with E-state index in [0.29, 0.717) is 24.4 Å². The second kappa shape index (κ2) is 10.5. The lowest BCUT2D eigenvalue weighted by Crippen LogP contribution is -2.36. The van der Waals surface area contributed by atoms with Crippen molar-refractivity contribution in [2.24, 2.45) is 5.92 Å². The van der Waals surface area contributed by atoms with Crippen molar-refractivity contribution in [1.82, 2.24) is 13.6 Å². The van der Waals surface area contributed by atoms with Crippen LogP contribution in [-0.2, 0) is 27.9 Å². The Hall–Kier alpha value is -2.68. The van der Waals surface area contributed by atoms with Crippen LogP contribution in [0.1, 0.15) is 50.5 Å². The Kier molecular flexibility index (Phi) is 8.09. The monoisotopic (exact) mass is 499 g/mol. The topological polar surface area (TPSA) is 80.6 Å². The average Bonchev–Trinajstić information content (AvgIpc) is 3.08. The van der Waals surface area contributed by atoms with E-state index in [1.807, 2.05) is 45.0 Å². The van der Waals surface area contributed by atoms with Gasteiger partial charge in [-0.3, -0.25) is 0 Å². The number of nitrogens with zero attached hydrogens (tertiary/aromatic N) is 2. The summed E-state index contributed by atoms with van der Waals surface area (Å²) in [5, 5.41) is 1.08. The highest BCUT2D eigenvalue weighted by atomic mass is 32.2. The van der Waals surface area contributed by atoms with Crippen LogP contribution in [0.15, 0.2) is 48.7 Å². The third-order valence-electron chi connectivity index (χ3n) is 5.54. The first-order valence-electron chi connectivity index (χ1n) is 11.9. The molecule has 0 saturated carbocycles. The van der Waals surface area contributed by atoms with Gasteiger partial charge in [-0.15, -0.1) is 0 Å². The number of benzene rings is 2. The van der Waals surface area contributed by atoms with Crippen LogP contribution < -0.4 is 4.72 Å². The van der Waals surface area contributed by atoms with Gasteiger partial charge in [0.05, 0.1) is 5.56 Å². The molecule has 35 heavy (non-hydrogen) atoms. The number of fused-ring (bicyclic) bond motifs is 1. The van der Waals surface area contributed by atoms with Gasteiger partial charge in [0, 0.05) is 44.3 Å². The van der Waals surface area contributed by atoms with E-state index in [1.165, 1.54) is 18.4 Å². The van der Waals surface area contributed by atoms with E-state index in [-0.39, 0.29) is 5.97 Å². The molecule has 0 atom stereocenters. The number of aromatic nitrogens is 1. The van der Waals surface area contributed by atoms with Gasteiger partial charge in [0.25, 0.3) is 10.2 Å². The highest BCUT2D eigenvalue weighted by Gasteiger charge is 2.21. The van der Waals surface area contributed by atoms with Crippen molar-refractivity contribution in [3.63, 3.8) is 0 Å². The molecule has 0 amide bonds. The molecule has 1 N–H and O–H groups in total. The molecule has 0 aliphatic carbocycles. The molecule has 7 nitrogen and oxygen atoms in total.